The number of hydrogen-bond donors (Lipinski definition) is 0. The molecule has 0 aliphatic carbocycles. The average Bonchev–Trinajstić information content (AvgIpc) is 3.85. The van der Waals surface area contributed by atoms with Crippen LogP contribution >= 0.6 is 0 Å². The molecule has 53 heavy (non-hydrogen) atoms. The highest BCUT2D eigenvalue weighted by Crippen LogP contribution is 2.44. The van der Waals surface area contributed by atoms with Crippen LogP contribution in [0.3, 0.4) is 0 Å². The highest BCUT2D eigenvalue weighted by molar-refractivity contribution is 7.04. The lowest BCUT2D eigenvalue weighted by Crippen LogP contribution is -2.49. The second-order valence-corrected chi connectivity index (χ2v) is 18.7. The van der Waals surface area contributed by atoms with E-state index in [-0.39, 0.29) is 0 Å². The number of rotatable bonds is 4. The van der Waals surface area contributed by atoms with E-state index in [0.29, 0.717) is 17.5 Å². The summed E-state index contributed by atoms with van der Waals surface area (Å²) in [6.45, 7) is 4.86. The average molecular weight is 698 g/mol. The largest absolute Gasteiger partial charge is 0.456 e. The molecule has 250 valence electrons. The SMILES string of the molecule is C[Si]1(C)c2ccccc2-c2c1cc(-c1nc(-c3cccc(-c4ccccc4)c3)nc(-c3ccc4c(c3)oc3ccccc34)n1)c1c2oc2ccccc21. The molecule has 6 heteroatoms. The van der Waals surface area contributed by atoms with Crippen LogP contribution in [0.25, 0.3) is 100 Å². The van der Waals surface area contributed by atoms with Gasteiger partial charge in [-0.3, -0.25) is 0 Å². The standard InChI is InChI=1S/C47H31N3O2Si/c1-53(2)40-22-11-8-19-35(40)43-41(53)27-36(42-34-18-7-10-21-38(34)52-44(42)43)47-49-45(30-16-12-15-29(25-30)28-13-4-3-5-14-28)48-46(50-47)31-23-24-33-32-17-6-9-20-37(32)51-39(33)26-31/h3-27H,1-2H3. The topological polar surface area (TPSA) is 65.0 Å². The number of furan rings is 2. The van der Waals surface area contributed by atoms with Crippen molar-refractivity contribution in [1.29, 1.82) is 0 Å². The molecule has 11 rings (SSSR count). The Morgan fingerprint density at radius 3 is 1.87 bits per heavy atom. The first kappa shape index (κ1) is 30.0. The van der Waals surface area contributed by atoms with Crippen molar-refractivity contribution in [3.63, 3.8) is 0 Å². The lowest BCUT2D eigenvalue weighted by molar-refractivity contribution is 0.669. The molecule has 0 spiro atoms. The number of para-hydroxylation sites is 2. The van der Waals surface area contributed by atoms with Crippen molar-refractivity contribution in [2.75, 3.05) is 0 Å². The summed E-state index contributed by atoms with van der Waals surface area (Å²) >= 11 is 0. The Labute approximate surface area is 306 Å². The number of fused-ring (bicyclic) bond motifs is 10. The third kappa shape index (κ3) is 4.52. The van der Waals surface area contributed by atoms with Gasteiger partial charge in [0.1, 0.15) is 30.4 Å². The first-order valence-corrected chi connectivity index (χ1v) is 20.9. The molecule has 0 radical (unpaired) electrons. The van der Waals surface area contributed by atoms with Gasteiger partial charge in [-0.2, -0.15) is 0 Å². The van der Waals surface area contributed by atoms with Crippen LogP contribution in [-0.2, 0) is 0 Å². The first-order valence-electron chi connectivity index (χ1n) is 17.9. The van der Waals surface area contributed by atoms with Crippen molar-refractivity contribution >= 4 is 62.3 Å². The highest BCUT2D eigenvalue weighted by atomic mass is 28.3. The fourth-order valence-corrected chi connectivity index (χ4v) is 11.4. The van der Waals surface area contributed by atoms with Gasteiger partial charge < -0.3 is 8.83 Å². The van der Waals surface area contributed by atoms with E-state index >= 15 is 0 Å². The molecular weight excluding hydrogens is 667 g/mol. The van der Waals surface area contributed by atoms with E-state index in [1.807, 2.05) is 30.3 Å². The summed E-state index contributed by atoms with van der Waals surface area (Å²) in [7, 11) is -2.10. The third-order valence-corrected chi connectivity index (χ3v) is 14.5. The normalized spacial score (nSPS) is 13.2. The van der Waals surface area contributed by atoms with Crippen LogP contribution in [0.1, 0.15) is 0 Å². The van der Waals surface area contributed by atoms with Crippen LogP contribution in [-0.4, -0.2) is 23.0 Å². The van der Waals surface area contributed by atoms with Crippen LogP contribution < -0.4 is 10.4 Å². The summed E-state index contributed by atoms with van der Waals surface area (Å²) in [5.41, 5.74) is 10.8. The summed E-state index contributed by atoms with van der Waals surface area (Å²) in [4.78, 5) is 15.8. The van der Waals surface area contributed by atoms with E-state index in [4.69, 9.17) is 23.8 Å². The molecule has 0 N–H and O–H groups in total. The first-order chi connectivity index (χ1) is 26.0. The minimum atomic E-state index is -2.10. The van der Waals surface area contributed by atoms with Gasteiger partial charge in [0.15, 0.2) is 17.5 Å². The molecule has 7 aromatic carbocycles. The Hall–Kier alpha value is -6.63. The minimum absolute atomic E-state index is 0.582. The zero-order valence-corrected chi connectivity index (χ0v) is 30.1. The maximum atomic E-state index is 6.82. The molecule has 3 aromatic heterocycles. The van der Waals surface area contributed by atoms with Crippen LogP contribution in [0.5, 0.6) is 0 Å². The van der Waals surface area contributed by atoms with Crippen LogP contribution in [0.2, 0.25) is 13.1 Å². The highest BCUT2D eigenvalue weighted by Gasteiger charge is 2.40. The molecule has 0 bridgehead atoms. The van der Waals surface area contributed by atoms with Crippen molar-refractivity contribution in [3.8, 4) is 56.4 Å². The van der Waals surface area contributed by atoms with E-state index < -0.39 is 8.07 Å². The van der Waals surface area contributed by atoms with Crippen molar-refractivity contribution in [2.45, 2.75) is 13.1 Å². The molecule has 0 saturated carbocycles. The Morgan fingerprint density at radius 2 is 1.04 bits per heavy atom. The van der Waals surface area contributed by atoms with Gasteiger partial charge >= 0.3 is 0 Å². The number of benzene rings is 7. The maximum absolute atomic E-state index is 6.82. The summed E-state index contributed by atoms with van der Waals surface area (Å²) < 4.78 is 13.1. The van der Waals surface area contributed by atoms with Crippen LogP contribution in [0.15, 0.2) is 160 Å². The minimum Gasteiger partial charge on any atom is -0.456 e. The quantitative estimate of drug-likeness (QED) is 0.171. The molecule has 0 atom stereocenters. The lowest BCUT2D eigenvalue weighted by Gasteiger charge is -2.19. The van der Waals surface area contributed by atoms with E-state index in [1.165, 1.54) is 21.5 Å². The molecule has 4 heterocycles. The van der Waals surface area contributed by atoms with E-state index in [2.05, 4.69) is 134 Å². The van der Waals surface area contributed by atoms with Crippen molar-refractivity contribution in [2.24, 2.45) is 0 Å². The van der Waals surface area contributed by atoms with Gasteiger partial charge in [0, 0.05) is 43.8 Å². The van der Waals surface area contributed by atoms with Crippen LogP contribution in [0, 0.1) is 0 Å². The Bertz CT molecular complexity index is 3110. The Morgan fingerprint density at radius 1 is 0.415 bits per heavy atom. The van der Waals surface area contributed by atoms with Crippen molar-refractivity contribution in [3.05, 3.63) is 152 Å². The van der Waals surface area contributed by atoms with Gasteiger partial charge in [-0.15, -0.1) is 0 Å². The van der Waals surface area contributed by atoms with Gasteiger partial charge in [-0.05, 0) is 63.5 Å². The summed E-state index contributed by atoms with van der Waals surface area (Å²) in [6, 6.07) is 52.7. The molecule has 1 aliphatic rings. The third-order valence-electron chi connectivity index (χ3n) is 10.9. The van der Waals surface area contributed by atoms with E-state index in [0.717, 1.165) is 71.7 Å². The zero-order valence-electron chi connectivity index (χ0n) is 29.1. The molecule has 0 fully saturated rings. The van der Waals surface area contributed by atoms with Gasteiger partial charge in [0.05, 0.1) is 0 Å². The number of nitrogens with zero attached hydrogens (tertiary/aromatic N) is 3. The molecule has 0 unspecified atom stereocenters. The molecule has 1 aliphatic heterocycles. The molecule has 5 nitrogen and oxygen atoms in total. The van der Waals surface area contributed by atoms with Crippen molar-refractivity contribution < 1.29 is 8.83 Å². The van der Waals surface area contributed by atoms with Gasteiger partial charge in [0.25, 0.3) is 0 Å². The smallest absolute Gasteiger partial charge is 0.164 e. The summed E-state index contributed by atoms with van der Waals surface area (Å²) in [5, 5.41) is 6.97. The van der Waals surface area contributed by atoms with E-state index in [1.54, 1.807) is 0 Å². The molecule has 0 amide bonds. The second-order valence-electron chi connectivity index (χ2n) is 14.4. The maximum Gasteiger partial charge on any atom is 0.164 e. The Kier molecular flexibility index (Phi) is 6.34. The van der Waals surface area contributed by atoms with Gasteiger partial charge in [-0.1, -0.05) is 128 Å². The Balaban J connectivity index is 1.20. The second kappa shape index (κ2) is 11.2. The summed E-state index contributed by atoms with van der Waals surface area (Å²) in [6.07, 6.45) is 0. The lowest BCUT2D eigenvalue weighted by atomic mass is 9.98. The molecule has 10 aromatic rings. The monoisotopic (exact) mass is 697 g/mol. The molecule has 0 saturated heterocycles. The van der Waals surface area contributed by atoms with Crippen molar-refractivity contribution in [1.82, 2.24) is 15.0 Å². The fraction of sp³-hybridized carbons (Fsp3) is 0.0426. The number of hydrogen-bond acceptors (Lipinski definition) is 5. The van der Waals surface area contributed by atoms with Crippen LogP contribution in [0.4, 0.5) is 0 Å². The predicted molar refractivity (Wildman–Crippen MR) is 218 cm³/mol. The predicted octanol–water partition coefficient (Wildman–Crippen LogP) is 11.1. The fourth-order valence-electron chi connectivity index (χ4n) is 8.32. The zero-order chi connectivity index (χ0) is 35.3. The molecular formula is C47H31N3O2Si. The van der Waals surface area contributed by atoms with Gasteiger partial charge in [-0.25, -0.2) is 15.0 Å². The summed E-state index contributed by atoms with van der Waals surface area (Å²) in [5.74, 6) is 1.80. The van der Waals surface area contributed by atoms with Gasteiger partial charge in [0.2, 0.25) is 0 Å². The number of aromatic nitrogens is 3. The van der Waals surface area contributed by atoms with E-state index in [9.17, 15) is 0 Å².